The molecule has 1 heterocycles. The van der Waals surface area contributed by atoms with E-state index in [2.05, 4.69) is 10.2 Å². The van der Waals surface area contributed by atoms with Crippen molar-refractivity contribution in [1.29, 1.82) is 0 Å². The summed E-state index contributed by atoms with van der Waals surface area (Å²) in [6.07, 6.45) is 8.96. The monoisotopic (exact) mass is 240 g/mol. The van der Waals surface area contributed by atoms with Crippen molar-refractivity contribution >= 4 is 0 Å². The summed E-state index contributed by atoms with van der Waals surface area (Å²) in [5, 5.41) is 12.3. The molecule has 1 saturated carbocycles. The summed E-state index contributed by atoms with van der Waals surface area (Å²) in [6.45, 7) is 5.40. The summed E-state index contributed by atoms with van der Waals surface area (Å²) >= 11 is 0. The minimum absolute atomic E-state index is 0.354. The fourth-order valence-corrected chi connectivity index (χ4v) is 2.82. The van der Waals surface area contributed by atoms with Crippen molar-refractivity contribution in [3.8, 4) is 0 Å². The molecule has 2 rings (SSSR count). The van der Waals surface area contributed by atoms with Crippen molar-refractivity contribution < 1.29 is 5.11 Å². The number of rotatable bonds is 9. The highest BCUT2D eigenvalue weighted by Gasteiger charge is 2.33. The first-order valence-corrected chi connectivity index (χ1v) is 7.46. The van der Waals surface area contributed by atoms with Crippen LogP contribution in [0.2, 0.25) is 0 Å². The molecule has 0 aromatic carbocycles. The molecule has 0 aromatic rings. The Morgan fingerprint density at radius 1 is 1.06 bits per heavy atom. The average Bonchev–Trinajstić information content (AvgIpc) is 3.09. The maximum atomic E-state index is 8.67. The molecule has 0 radical (unpaired) electrons. The van der Waals surface area contributed by atoms with Crippen LogP contribution in [0.4, 0.5) is 0 Å². The lowest BCUT2D eigenvalue weighted by molar-refractivity contribution is 0.282. The first-order valence-electron chi connectivity index (χ1n) is 7.46. The lowest BCUT2D eigenvalue weighted by Crippen LogP contribution is -2.28. The fraction of sp³-hybridized carbons (Fsp3) is 1.00. The van der Waals surface area contributed by atoms with Crippen molar-refractivity contribution in [1.82, 2.24) is 10.2 Å². The molecule has 1 saturated heterocycles. The summed E-state index contributed by atoms with van der Waals surface area (Å²) in [5.41, 5.74) is 0. The Morgan fingerprint density at radius 3 is 2.65 bits per heavy atom. The molecule has 3 nitrogen and oxygen atoms in total. The van der Waals surface area contributed by atoms with Gasteiger partial charge in [0.1, 0.15) is 0 Å². The molecule has 0 amide bonds. The van der Waals surface area contributed by atoms with Crippen LogP contribution in [-0.4, -0.2) is 48.8 Å². The Labute approximate surface area is 106 Å². The molecule has 0 bridgehead atoms. The average molecular weight is 240 g/mol. The summed E-state index contributed by atoms with van der Waals surface area (Å²) in [7, 11) is 0. The molecule has 2 aliphatic rings. The second-order valence-corrected chi connectivity index (χ2v) is 5.72. The van der Waals surface area contributed by atoms with E-state index in [1.165, 1.54) is 58.2 Å². The Morgan fingerprint density at radius 2 is 1.88 bits per heavy atom. The van der Waals surface area contributed by atoms with Gasteiger partial charge in [-0.2, -0.15) is 0 Å². The predicted octanol–water partition coefficient (Wildman–Crippen LogP) is 1.61. The van der Waals surface area contributed by atoms with Crippen LogP contribution in [0.1, 0.15) is 44.9 Å². The molecule has 17 heavy (non-hydrogen) atoms. The van der Waals surface area contributed by atoms with Gasteiger partial charge in [0.05, 0.1) is 0 Å². The van der Waals surface area contributed by atoms with Gasteiger partial charge in [-0.1, -0.05) is 12.8 Å². The lowest BCUT2D eigenvalue weighted by Gasteiger charge is -2.15. The highest BCUT2D eigenvalue weighted by atomic mass is 16.2. The zero-order valence-corrected chi connectivity index (χ0v) is 11.0. The van der Waals surface area contributed by atoms with Crippen LogP contribution >= 0.6 is 0 Å². The van der Waals surface area contributed by atoms with Crippen molar-refractivity contribution in [3.05, 3.63) is 0 Å². The van der Waals surface area contributed by atoms with Crippen LogP contribution in [0, 0.1) is 5.92 Å². The highest BCUT2D eigenvalue weighted by molar-refractivity contribution is 4.89. The standard InChI is InChI=1S/C14H28N2O/c17-10-4-2-1-3-8-15-11-13-7-9-16(12-13)14-5-6-14/h13-15,17H,1-12H2. The van der Waals surface area contributed by atoms with Crippen LogP contribution in [0.15, 0.2) is 0 Å². The summed E-state index contributed by atoms with van der Waals surface area (Å²) in [6, 6.07) is 0.957. The fourth-order valence-electron chi connectivity index (χ4n) is 2.82. The van der Waals surface area contributed by atoms with E-state index >= 15 is 0 Å². The molecular formula is C14H28N2O. The summed E-state index contributed by atoms with van der Waals surface area (Å²) in [4.78, 5) is 2.69. The van der Waals surface area contributed by atoms with Gasteiger partial charge in [0.25, 0.3) is 0 Å². The van der Waals surface area contributed by atoms with Crippen LogP contribution in [0.3, 0.4) is 0 Å². The van der Waals surface area contributed by atoms with E-state index in [1.807, 2.05) is 0 Å². The topological polar surface area (TPSA) is 35.5 Å². The van der Waals surface area contributed by atoms with E-state index in [9.17, 15) is 0 Å². The van der Waals surface area contributed by atoms with Gasteiger partial charge >= 0.3 is 0 Å². The number of hydrogen-bond donors (Lipinski definition) is 2. The lowest BCUT2D eigenvalue weighted by atomic mass is 10.1. The van der Waals surface area contributed by atoms with Crippen LogP contribution in [0.5, 0.6) is 0 Å². The number of hydrogen-bond acceptors (Lipinski definition) is 3. The predicted molar refractivity (Wildman–Crippen MR) is 71.1 cm³/mol. The third-order valence-corrected chi connectivity index (χ3v) is 4.08. The SMILES string of the molecule is OCCCCCCNCC1CCN(C2CC2)C1. The summed E-state index contributed by atoms with van der Waals surface area (Å²) < 4.78 is 0. The Balaban J connectivity index is 1.40. The Hall–Kier alpha value is -0.120. The van der Waals surface area contributed by atoms with Crippen molar-refractivity contribution in [2.24, 2.45) is 5.92 Å². The minimum atomic E-state index is 0.354. The Bertz CT molecular complexity index is 206. The first kappa shape index (κ1) is 13.3. The molecule has 1 atom stereocenters. The third-order valence-electron chi connectivity index (χ3n) is 4.08. The molecule has 0 spiro atoms. The van der Waals surface area contributed by atoms with Crippen molar-refractivity contribution in [2.75, 3.05) is 32.8 Å². The van der Waals surface area contributed by atoms with Gasteiger partial charge in [0.15, 0.2) is 0 Å². The number of unbranched alkanes of at least 4 members (excludes halogenated alkanes) is 3. The van der Waals surface area contributed by atoms with Gasteiger partial charge in [-0.25, -0.2) is 0 Å². The van der Waals surface area contributed by atoms with E-state index in [1.54, 1.807) is 0 Å². The largest absolute Gasteiger partial charge is 0.396 e. The van der Waals surface area contributed by atoms with Crippen LogP contribution in [0.25, 0.3) is 0 Å². The van der Waals surface area contributed by atoms with Crippen LogP contribution in [-0.2, 0) is 0 Å². The molecule has 1 aliphatic carbocycles. The highest BCUT2D eigenvalue weighted by Crippen LogP contribution is 2.31. The van der Waals surface area contributed by atoms with E-state index in [4.69, 9.17) is 5.11 Å². The normalized spacial score (nSPS) is 25.6. The van der Waals surface area contributed by atoms with E-state index in [0.717, 1.165) is 24.9 Å². The number of likely N-dealkylation sites (tertiary alicyclic amines) is 1. The molecule has 1 unspecified atom stereocenters. The molecule has 2 fully saturated rings. The van der Waals surface area contributed by atoms with Gasteiger partial charge in [-0.3, -0.25) is 0 Å². The van der Waals surface area contributed by atoms with Gasteiger partial charge in [-0.05, 0) is 57.7 Å². The smallest absolute Gasteiger partial charge is 0.0431 e. The third kappa shape index (κ3) is 4.94. The van der Waals surface area contributed by atoms with Gasteiger partial charge < -0.3 is 15.3 Å². The number of aliphatic hydroxyl groups is 1. The molecular weight excluding hydrogens is 212 g/mol. The van der Waals surface area contributed by atoms with E-state index in [-0.39, 0.29) is 0 Å². The van der Waals surface area contributed by atoms with Gasteiger partial charge in [0, 0.05) is 19.2 Å². The second kappa shape index (κ2) is 7.34. The molecule has 1 aliphatic heterocycles. The molecule has 2 N–H and O–H groups in total. The van der Waals surface area contributed by atoms with E-state index in [0.29, 0.717) is 6.61 Å². The zero-order chi connectivity index (χ0) is 11.9. The zero-order valence-electron chi connectivity index (χ0n) is 11.0. The van der Waals surface area contributed by atoms with Crippen molar-refractivity contribution in [3.63, 3.8) is 0 Å². The minimum Gasteiger partial charge on any atom is -0.396 e. The van der Waals surface area contributed by atoms with Gasteiger partial charge in [-0.15, -0.1) is 0 Å². The van der Waals surface area contributed by atoms with E-state index < -0.39 is 0 Å². The van der Waals surface area contributed by atoms with Gasteiger partial charge in [0.2, 0.25) is 0 Å². The Kier molecular flexibility index (Phi) is 5.75. The molecule has 100 valence electrons. The maximum Gasteiger partial charge on any atom is 0.0431 e. The quantitative estimate of drug-likeness (QED) is 0.601. The van der Waals surface area contributed by atoms with Crippen molar-refractivity contribution in [2.45, 2.75) is 51.0 Å². The number of nitrogens with one attached hydrogen (secondary N) is 1. The first-order chi connectivity index (χ1) is 8.40. The summed E-state index contributed by atoms with van der Waals surface area (Å²) in [5.74, 6) is 0.896. The maximum absolute atomic E-state index is 8.67. The number of aliphatic hydroxyl groups excluding tert-OH is 1. The number of nitrogens with zero attached hydrogens (tertiary/aromatic N) is 1. The molecule has 0 aromatic heterocycles. The second-order valence-electron chi connectivity index (χ2n) is 5.72. The van der Waals surface area contributed by atoms with Crippen LogP contribution < -0.4 is 5.32 Å². The molecule has 3 heteroatoms.